The quantitative estimate of drug-likeness (QED) is 0.566. The summed E-state index contributed by atoms with van der Waals surface area (Å²) in [6.45, 7) is 4.98. The van der Waals surface area contributed by atoms with E-state index in [1.807, 2.05) is 6.07 Å². The van der Waals surface area contributed by atoms with Gasteiger partial charge in [0.1, 0.15) is 6.10 Å². The van der Waals surface area contributed by atoms with E-state index in [2.05, 4.69) is 11.0 Å². The van der Waals surface area contributed by atoms with Crippen molar-refractivity contribution in [2.24, 2.45) is 5.92 Å². The zero-order valence-electron chi connectivity index (χ0n) is 18.1. The van der Waals surface area contributed by atoms with Gasteiger partial charge in [0.05, 0.1) is 16.3 Å². The van der Waals surface area contributed by atoms with Gasteiger partial charge in [-0.25, -0.2) is 0 Å². The predicted molar refractivity (Wildman–Crippen MR) is 116 cm³/mol. The van der Waals surface area contributed by atoms with Crippen LogP contribution in [-0.4, -0.2) is 57.2 Å². The van der Waals surface area contributed by atoms with E-state index in [0.717, 1.165) is 43.8 Å². The van der Waals surface area contributed by atoms with Crippen LogP contribution in [0.3, 0.4) is 0 Å². The van der Waals surface area contributed by atoms with Gasteiger partial charge in [-0.2, -0.15) is 0 Å². The third kappa shape index (κ3) is 2.72. The minimum atomic E-state index is -0.897. The number of hydrogen-bond acceptors (Lipinski definition) is 7. The first-order chi connectivity index (χ1) is 14.8. The molecule has 0 aromatic heterocycles. The van der Waals surface area contributed by atoms with Gasteiger partial charge < -0.3 is 14.6 Å². The van der Waals surface area contributed by atoms with Crippen molar-refractivity contribution in [2.45, 2.75) is 80.8 Å². The molecule has 1 aromatic rings. The summed E-state index contributed by atoms with van der Waals surface area (Å²) in [5, 5.41) is 12.5. The summed E-state index contributed by atoms with van der Waals surface area (Å²) in [4.78, 5) is 26.3. The molecule has 2 bridgehead atoms. The zero-order valence-corrected chi connectivity index (χ0v) is 18.9. The Kier molecular flexibility index (Phi) is 4.35. The Morgan fingerprint density at radius 2 is 2.06 bits per heavy atom. The maximum atomic E-state index is 12.4. The van der Waals surface area contributed by atoms with Crippen LogP contribution in [0.25, 0.3) is 0 Å². The molecule has 3 aliphatic carbocycles. The SMILES string of the molecule is CC(=O)Oc1ccc2c3c1O[C@H]1[C@H](SC(C)=O)CC[C@@]4(O)[C@@H](C2)N(CC2CC2)CC[C@]314. The molecule has 2 heterocycles. The highest BCUT2D eigenvalue weighted by atomic mass is 32.2. The number of hydrogen-bond donors (Lipinski definition) is 1. The average Bonchev–Trinajstić information content (AvgIpc) is 3.44. The van der Waals surface area contributed by atoms with Crippen LogP contribution in [0, 0.1) is 5.92 Å². The lowest BCUT2D eigenvalue weighted by atomic mass is 9.49. The van der Waals surface area contributed by atoms with E-state index in [-0.39, 0.29) is 28.5 Å². The topological polar surface area (TPSA) is 76.1 Å². The van der Waals surface area contributed by atoms with Gasteiger partial charge in [0.2, 0.25) is 0 Å². The Morgan fingerprint density at radius 1 is 1.26 bits per heavy atom. The molecule has 3 fully saturated rings. The van der Waals surface area contributed by atoms with Crippen molar-refractivity contribution < 1.29 is 24.2 Å². The second-order valence-electron chi connectivity index (χ2n) is 10.0. The van der Waals surface area contributed by atoms with Gasteiger partial charge in [0.25, 0.3) is 0 Å². The molecular weight excluding hydrogens is 414 g/mol. The Hall–Kier alpha value is -1.57. The van der Waals surface area contributed by atoms with Crippen LogP contribution >= 0.6 is 11.8 Å². The first-order valence-corrected chi connectivity index (χ1v) is 12.4. The maximum Gasteiger partial charge on any atom is 0.308 e. The van der Waals surface area contributed by atoms with Crippen molar-refractivity contribution in [3.8, 4) is 11.5 Å². The van der Waals surface area contributed by atoms with E-state index in [4.69, 9.17) is 9.47 Å². The lowest BCUT2D eigenvalue weighted by Gasteiger charge is -2.64. The monoisotopic (exact) mass is 443 g/mol. The van der Waals surface area contributed by atoms with Crippen molar-refractivity contribution >= 4 is 22.8 Å². The molecule has 1 aromatic carbocycles. The number of esters is 1. The molecule has 2 aliphatic heterocycles. The Bertz CT molecular complexity index is 977. The second-order valence-corrected chi connectivity index (χ2v) is 11.5. The number of benzene rings is 1. The highest BCUT2D eigenvalue weighted by molar-refractivity contribution is 8.14. The summed E-state index contributed by atoms with van der Waals surface area (Å²) in [6.07, 6.45) is 5.29. The van der Waals surface area contributed by atoms with Crippen molar-refractivity contribution in [3.63, 3.8) is 0 Å². The summed E-state index contributed by atoms with van der Waals surface area (Å²) >= 11 is 1.34. The fraction of sp³-hybridized carbons (Fsp3) is 0.667. The lowest BCUT2D eigenvalue weighted by molar-refractivity contribution is -0.184. The number of piperidine rings is 1. The fourth-order valence-corrected chi connectivity index (χ4v) is 8.07. The van der Waals surface area contributed by atoms with Gasteiger partial charge in [-0.1, -0.05) is 17.8 Å². The molecule has 0 unspecified atom stereocenters. The third-order valence-electron chi connectivity index (χ3n) is 8.26. The van der Waals surface area contributed by atoms with Crippen molar-refractivity contribution in [1.82, 2.24) is 4.90 Å². The third-order valence-corrected chi connectivity index (χ3v) is 9.38. The standard InChI is InChI=1S/C24H29NO5S/c1-13(26)29-17-6-5-16-11-19-24(28)8-7-18(31-14(2)27)22-23(24,20(16)21(17)30-22)9-10-25(19)12-15-3-4-15/h5-6,15,18-19,22,28H,3-4,7-12H2,1-2H3/t18-,19-,22+,23+,24-/m1/s1. The van der Waals surface area contributed by atoms with Crippen LogP contribution in [-0.2, 0) is 21.4 Å². The van der Waals surface area contributed by atoms with Gasteiger partial charge >= 0.3 is 5.97 Å². The predicted octanol–water partition coefficient (Wildman–Crippen LogP) is 2.82. The first-order valence-electron chi connectivity index (χ1n) is 11.5. The van der Waals surface area contributed by atoms with Gasteiger partial charge in [0.15, 0.2) is 16.6 Å². The van der Waals surface area contributed by atoms with Crippen LogP contribution in [0.4, 0.5) is 0 Å². The average molecular weight is 444 g/mol. The van der Waals surface area contributed by atoms with Gasteiger partial charge in [0, 0.05) is 32.0 Å². The molecule has 0 amide bonds. The summed E-state index contributed by atoms with van der Waals surface area (Å²) in [5.74, 6) is 1.43. The molecule has 1 N–H and O–H groups in total. The molecule has 166 valence electrons. The number of carbonyl (C=O) groups excluding carboxylic acids is 2. The summed E-state index contributed by atoms with van der Waals surface area (Å²) in [7, 11) is 0. The molecule has 5 aliphatic rings. The number of likely N-dealkylation sites (tertiary alicyclic amines) is 1. The van der Waals surface area contributed by atoms with Crippen molar-refractivity contribution in [2.75, 3.05) is 13.1 Å². The van der Waals surface area contributed by atoms with Gasteiger partial charge in [-0.05, 0) is 62.6 Å². The highest BCUT2D eigenvalue weighted by Gasteiger charge is 2.73. The molecule has 1 spiro atoms. The van der Waals surface area contributed by atoms with E-state index in [1.54, 1.807) is 6.92 Å². The summed E-state index contributed by atoms with van der Waals surface area (Å²) in [5.41, 5.74) is 0.778. The van der Waals surface area contributed by atoms with E-state index in [0.29, 0.717) is 17.9 Å². The zero-order chi connectivity index (χ0) is 21.5. The number of aliphatic hydroxyl groups is 1. The minimum Gasteiger partial charge on any atom is -0.484 e. The van der Waals surface area contributed by atoms with E-state index in [9.17, 15) is 14.7 Å². The molecule has 0 radical (unpaired) electrons. The van der Waals surface area contributed by atoms with Crippen LogP contribution < -0.4 is 9.47 Å². The lowest BCUT2D eigenvalue weighted by Crippen LogP contribution is -2.77. The highest BCUT2D eigenvalue weighted by Crippen LogP contribution is 2.66. The molecule has 1 saturated heterocycles. The second kappa shape index (κ2) is 6.72. The Labute approximate surface area is 186 Å². The molecular formula is C24H29NO5S. The number of ether oxygens (including phenoxy) is 2. The van der Waals surface area contributed by atoms with Gasteiger partial charge in [-0.15, -0.1) is 0 Å². The summed E-state index contributed by atoms with van der Waals surface area (Å²) < 4.78 is 12.1. The Morgan fingerprint density at radius 3 is 2.77 bits per heavy atom. The van der Waals surface area contributed by atoms with Crippen molar-refractivity contribution in [1.29, 1.82) is 0 Å². The number of nitrogens with zero attached hydrogens (tertiary/aromatic N) is 1. The maximum absolute atomic E-state index is 12.4. The van der Waals surface area contributed by atoms with Crippen LogP contribution in [0.15, 0.2) is 12.1 Å². The van der Waals surface area contributed by atoms with Crippen LogP contribution in [0.2, 0.25) is 0 Å². The molecule has 31 heavy (non-hydrogen) atoms. The van der Waals surface area contributed by atoms with E-state index < -0.39 is 11.0 Å². The fourth-order valence-electron chi connectivity index (χ4n) is 6.99. The van der Waals surface area contributed by atoms with Crippen molar-refractivity contribution in [3.05, 3.63) is 23.3 Å². The largest absolute Gasteiger partial charge is 0.484 e. The number of carbonyl (C=O) groups is 2. The molecule has 2 saturated carbocycles. The van der Waals surface area contributed by atoms with Gasteiger partial charge in [-0.3, -0.25) is 14.5 Å². The Balaban J connectivity index is 1.51. The van der Waals surface area contributed by atoms with Crippen LogP contribution in [0.1, 0.15) is 57.1 Å². The number of rotatable bonds is 4. The number of thioether (sulfide) groups is 1. The van der Waals surface area contributed by atoms with E-state index in [1.165, 1.54) is 37.1 Å². The molecule has 6 nitrogen and oxygen atoms in total. The molecule has 7 heteroatoms. The first kappa shape index (κ1) is 20.1. The van der Waals surface area contributed by atoms with Crippen LogP contribution in [0.5, 0.6) is 11.5 Å². The minimum absolute atomic E-state index is 0.0167. The summed E-state index contributed by atoms with van der Waals surface area (Å²) in [6, 6.07) is 3.95. The molecule has 5 atom stereocenters. The van der Waals surface area contributed by atoms with E-state index >= 15 is 0 Å². The normalized spacial score (nSPS) is 37.7. The molecule has 6 rings (SSSR count). The smallest absolute Gasteiger partial charge is 0.308 e.